The maximum atomic E-state index is 13.0. The fourth-order valence-corrected chi connectivity index (χ4v) is 2.59. The Labute approximate surface area is 156 Å². The molecule has 2 rings (SSSR count). The molecule has 2 aromatic rings. The second kappa shape index (κ2) is 8.80. The smallest absolute Gasteiger partial charge is 0.343 e. The van der Waals surface area contributed by atoms with Gasteiger partial charge in [0.25, 0.3) is 5.91 Å². The minimum atomic E-state index is -0.736. The highest BCUT2D eigenvalue weighted by atomic mass is 35.5. The molecule has 0 aliphatic heterocycles. The standard InChI is InChI=1S/C18H21ClFN3O3/c1-11(2)8-9-21-15(24)10-26-18(25)16-12(3)22-23(17(16)19)14-6-4-13(20)5-7-14/h4-7,11H,8-10H2,1-3H3,(H,21,24). The van der Waals surface area contributed by atoms with Crippen LogP contribution in [0.15, 0.2) is 24.3 Å². The molecule has 1 amide bonds. The number of nitrogens with one attached hydrogen (secondary N) is 1. The van der Waals surface area contributed by atoms with Crippen molar-refractivity contribution in [3.8, 4) is 5.69 Å². The first-order valence-electron chi connectivity index (χ1n) is 8.24. The zero-order chi connectivity index (χ0) is 19.3. The summed E-state index contributed by atoms with van der Waals surface area (Å²) in [6.07, 6.45) is 0.842. The molecule has 1 aromatic carbocycles. The molecule has 140 valence electrons. The van der Waals surface area contributed by atoms with E-state index in [0.29, 0.717) is 23.8 Å². The second-order valence-electron chi connectivity index (χ2n) is 6.25. The number of benzene rings is 1. The third-order valence-corrected chi connectivity index (χ3v) is 4.01. The Morgan fingerprint density at radius 1 is 1.31 bits per heavy atom. The van der Waals surface area contributed by atoms with Crippen molar-refractivity contribution < 1.29 is 18.7 Å². The van der Waals surface area contributed by atoms with Gasteiger partial charge in [-0.3, -0.25) is 4.79 Å². The molecule has 0 saturated heterocycles. The lowest BCUT2D eigenvalue weighted by Crippen LogP contribution is -2.30. The highest BCUT2D eigenvalue weighted by Gasteiger charge is 2.23. The largest absolute Gasteiger partial charge is 0.452 e. The van der Waals surface area contributed by atoms with Gasteiger partial charge in [-0.1, -0.05) is 25.4 Å². The van der Waals surface area contributed by atoms with Gasteiger partial charge in [-0.2, -0.15) is 5.10 Å². The number of halogens is 2. The molecule has 0 saturated carbocycles. The highest BCUT2D eigenvalue weighted by Crippen LogP contribution is 2.24. The van der Waals surface area contributed by atoms with Gasteiger partial charge in [0, 0.05) is 6.54 Å². The van der Waals surface area contributed by atoms with Crippen LogP contribution in [-0.2, 0) is 9.53 Å². The van der Waals surface area contributed by atoms with Gasteiger partial charge in [0.15, 0.2) is 6.61 Å². The molecule has 1 heterocycles. The molecule has 0 aliphatic rings. The molecule has 6 nitrogen and oxygen atoms in total. The van der Waals surface area contributed by atoms with E-state index in [1.54, 1.807) is 6.92 Å². The number of esters is 1. The van der Waals surface area contributed by atoms with E-state index >= 15 is 0 Å². The van der Waals surface area contributed by atoms with Crippen LogP contribution in [0.25, 0.3) is 5.69 Å². The van der Waals surface area contributed by atoms with Gasteiger partial charge in [0.1, 0.15) is 16.5 Å². The molecule has 0 radical (unpaired) electrons. The van der Waals surface area contributed by atoms with E-state index in [9.17, 15) is 14.0 Å². The Morgan fingerprint density at radius 3 is 2.58 bits per heavy atom. The molecule has 0 atom stereocenters. The Morgan fingerprint density at radius 2 is 1.96 bits per heavy atom. The number of carbonyl (C=O) groups excluding carboxylic acids is 2. The van der Waals surface area contributed by atoms with Crippen molar-refractivity contribution in [1.82, 2.24) is 15.1 Å². The SMILES string of the molecule is Cc1nn(-c2ccc(F)cc2)c(Cl)c1C(=O)OCC(=O)NCCC(C)C. The number of carbonyl (C=O) groups is 2. The summed E-state index contributed by atoms with van der Waals surface area (Å²) in [4.78, 5) is 24.0. The van der Waals surface area contributed by atoms with Gasteiger partial charge < -0.3 is 10.1 Å². The van der Waals surface area contributed by atoms with Crippen LogP contribution >= 0.6 is 11.6 Å². The lowest BCUT2D eigenvalue weighted by Gasteiger charge is -2.08. The summed E-state index contributed by atoms with van der Waals surface area (Å²) in [5, 5.41) is 6.91. The Hall–Kier alpha value is -2.41. The first kappa shape index (κ1) is 19.9. The van der Waals surface area contributed by atoms with Crippen molar-refractivity contribution in [2.24, 2.45) is 5.92 Å². The average Bonchev–Trinajstić information content (AvgIpc) is 2.87. The van der Waals surface area contributed by atoms with Crippen LogP contribution in [0.3, 0.4) is 0 Å². The van der Waals surface area contributed by atoms with Gasteiger partial charge in [0.2, 0.25) is 0 Å². The van der Waals surface area contributed by atoms with Crippen LogP contribution < -0.4 is 5.32 Å². The normalized spacial score (nSPS) is 10.8. The van der Waals surface area contributed by atoms with Crippen molar-refractivity contribution >= 4 is 23.5 Å². The minimum absolute atomic E-state index is 0.0410. The van der Waals surface area contributed by atoms with Crippen LogP contribution in [0, 0.1) is 18.7 Å². The number of hydrogen-bond donors (Lipinski definition) is 1. The molecule has 1 N–H and O–H groups in total. The maximum absolute atomic E-state index is 13.0. The quantitative estimate of drug-likeness (QED) is 0.747. The molecule has 0 bridgehead atoms. The van der Waals surface area contributed by atoms with E-state index in [1.807, 2.05) is 0 Å². The van der Waals surface area contributed by atoms with Crippen molar-refractivity contribution in [2.75, 3.05) is 13.2 Å². The van der Waals surface area contributed by atoms with Gasteiger partial charge >= 0.3 is 5.97 Å². The number of aromatic nitrogens is 2. The topological polar surface area (TPSA) is 73.2 Å². The molecule has 0 spiro atoms. The van der Waals surface area contributed by atoms with Gasteiger partial charge in [-0.15, -0.1) is 0 Å². The fourth-order valence-electron chi connectivity index (χ4n) is 2.24. The Kier molecular flexibility index (Phi) is 6.74. The monoisotopic (exact) mass is 381 g/mol. The predicted octanol–water partition coefficient (Wildman–Crippen LogP) is 3.29. The van der Waals surface area contributed by atoms with Crippen LogP contribution in [0.2, 0.25) is 5.15 Å². The van der Waals surface area contributed by atoms with Crippen LogP contribution in [-0.4, -0.2) is 34.8 Å². The van der Waals surface area contributed by atoms with E-state index in [2.05, 4.69) is 24.3 Å². The molecule has 8 heteroatoms. The molecule has 0 fully saturated rings. The molecule has 26 heavy (non-hydrogen) atoms. The van der Waals surface area contributed by atoms with Crippen molar-refractivity contribution in [2.45, 2.75) is 27.2 Å². The number of amides is 1. The summed E-state index contributed by atoms with van der Waals surface area (Å²) in [6, 6.07) is 5.51. The lowest BCUT2D eigenvalue weighted by molar-refractivity contribution is -0.124. The van der Waals surface area contributed by atoms with Gasteiger partial charge in [-0.05, 0) is 43.5 Å². The summed E-state index contributed by atoms with van der Waals surface area (Å²) < 4.78 is 19.4. The predicted molar refractivity (Wildman–Crippen MR) is 96.0 cm³/mol. The fraction of sp³-hybridized carbons (Fsp3) is 0.389. The van der Waals surface area contributed by atoms with Crippen LogP contribution in [0.5, 0.6) is 0 Å². The van der Waals surface area contributed by atoms with Crippen molar-refractivity contribution in [3.63, 3.8) is 0 Å². The zero-order valence-electron chi connectivity index (χ0n) is 14.9. The van der Waals surface area contributed by atoms with Crippen LogP contribution in [0.1, 0.15) is 36.3 Å². The Bertz CT molecular complexity index is 788. The first-order chi connectivity index (χ1) is 12.3. The zero-order valence-corrected chi connectivity index (χ0v) is 15.6. The van der Waals surface area contributed by atoms with E-state index in [1.165, 1.54) is 28.9 Å². The third-order valence-electron chi connectivity index (χ3n) is 3.66. The summed E-state index contributed by atoms with van der Waals surface area (Å²) in [5.74, 6) is -1.04. The molecule has 1 aromatic heterocycles. The molecular weight excluding hydrogens is 361 g/mol. The highest BCUT2D eigenvalue weighted by molar-refractivity contribution is 6.33. The number of aryl methyl sites for hydroxylation is 1. The third kappa shape index (κ3) is 5.05. The van der Waals surface area contributed by atoms with E-state index in [-0.39, 0.29) is 16.6 Å². The average molecular weight is 382 g/mol. The lowest BCUT2D eigenvalue weighted by atomic mass is 10.1. The minimum Gasteiger partial charge on any atom is -0.452 e. The molecule has 0 aliphatic carbocycles. The van der Waals surface area contributed by atoms with Crippen molar-refractivity contribution in [1.29, 1.82) is 0 Å². The maximum Gasteiger partial charge on any atom is 0.343 e. The Balaban J connectivity index is 2.03. The summed E-state index contributed by atoms with van der Waals surface area (Å²) in [6.45, 7) is 5.83. The van der Waals surface area contributed by atoms with Gasteiger partial charge in [0.05, 0.1) is 11.4 Å². The summed E-state index contributed by atoms with van der Waals surface area (Å²) in [7, 11) is 0. The second-order valence-corrected chi connectivity index (χ2v) is 6.61. The number of rotatable bonds is 7. The van der Waals surface area contributed by atoms with Crippen molar-refractivity contribution in [3.05, 3.63) is 46.5 Å². The number of ether oxygens (including phenoxy) is 1. The first-order valence-corrected chi connectivity index (χ1v) is 8.62. The van der Waals surface area contributed by atoms with E-state index < -0.39 is 18.4 Å². The molecular formula is C18H21ClFN3O3. The number of hydrogen-bond acceptors (Lipinski definition) is 4. The van der Waals surface area contributed by atoms with E-state index in [4.69, 9.17) is 16.3 Å². The van der Waals surface area contributed by atoms with E-state index in [0.717, 1.165) is 6.42 Å². The van der Waals surface area contributed by atoms with Crippen LogP contribution in [0.4, 0.5) is 4.39 Å². The number of nitrogens with zero attached hydrogens (tertiary/aromatic N) is 2. The summed E-state index contributed by atoms with van der Waals surface area (Å²) in [5.41, 5.74) is 0.931. The summed E-state index contributed by atoms with van der Waals surface area (Å²) >= 11 is 6.24. The molecule has 0 unspecified atom stereocenters. The van der Waals surface area contributed by atoms with Gasteiger partial charge in [-0.25, -0.2) is 13.9 Å².